The van der Waals surface area contributed by atoms with Crippen LogP contribution in [-0.4, -0.2) is 17.4 Å². The molecule has 0 bridgehead atoms. The molecule has 1 atom stereocenters. The van der Waals surface area contributed by atoms with E-state index >= 15 is 0 Å². The molecule has 0 saturated carbocycles. The lowest BCUT2D eigenvalue weighted by Gasteiger charge is -2.17. The summed E-state index contributed by atoms with van der Waals surface area (Å²) in [4.78, 5) is 10.8. The molecule has 0 saturated heterocycles. The van der Waals surface area contributed by atoms with Crippen molar-refractivity contribution >= 4 is 28.6 Å². The molecule has 0 heterocycles. The molecule has 4 heteroatoms. The first kappa shape index (κ1) is 10.1. The van der Waals surface area contributed by atoms with Crippen molar-refractivity contribution in [1.82, 2.24) is 0 Å². The first-order valence-corrected chi connectivity index (χ1v) is 5.50. The Morgan fingerprint density at radius 2 is 2.10 bits per heavy atom. The Kier molecular flexibility index (Phi) is 4.08. The van der Waals surface area contributed by atoms with Crippen LogP contribution in [0.1, 0.15) is 20.8 Å². The fourth-order valence-electron chi connectivity index (χ4n) is 0.389. The maximum absolute atomic E-state index is 10.8. The summed E-state index contributed by atoms with van der Waals surface area (Å²) >= 11 is 0. The van der Waals surface area contributed by atoms with Crippen molar-refractivity contribution in [2.45, 2.75) is 26.4 Å². The van der Waals surface area contributed by atoms with Gasteiger partial charge in [0.25, 0.3) is 0 Å². The minimum absolute atomic E-state index is 0.260. The second-order valence-corrected chi connectivity index (χ2v) is 4.26. The van der Waals surface area contributed by atoms with E-state index in [0.717, 1.165) is 7.89 Å². The Balaban J connectivity index is 3.81. The number of carbonyl (C=O) groups excluding carboxylic acids is 1. The predicted octanol–water partition coefficient (Wildman–Crippen LogP) is 1.87. The van der Waals surface area contributed by atoms with Gasteiger partial charge >= 0.3 is 5.97 Å². The maximum atomic E-state index is 10.8. The third kappa shape index (κ3) is 6.19. The van der Waals surface area contributed by atoms with E-state index in [9.17, 15) is 4.79 Å². The molecule has 0 spiro atoms. The van der Waals surface area contributed by atoms with Gasteiger partial charge in [-0.2, -0.15) is 0 Å². The van der Waals surface area contributed by atoms with Crippen molar-refractivity contribution in [3.05, 3.63) is 0 Å². The summed E-state index contributed by atoms with van der Waals surface area (Å²) in [5.74, 6) is 1.21. The SMILES string of the molecule is CC(C)(C)OC(=O)/C=P/P. The number of ether oxygens (including phenoxy) is 1. The lowest BCUT2D eigenvalue weighted by molar-refractivity contribution is -0.145. The maximum Gasteiger partial charge on any atom is 0.335 e. The van der Waals surface area contributed by atoms with Crippen LogP contribution in [0.3, 0.4) is 0 Å². The molecular formula is C6H12O2P2. The van der Waals surface area contributed by atoms with Gasteiger partial charge in [-0.1, -0.05) is 16.8 Å². The fraction of sp³-hybridized carbons (Fsp3) is 0.667. The van der Waals surface area contributed by atoms with E-state index < -0.39 is 0 Å². The molecule has 0 aliphatic heterocycles. The van der Waals surface area contributed by atoms with Crippen molar-refractivity contribution in [2.75, 3.05) is 0 Å². The number of hydrogen-bond donors (Lipinski definition) is 0. The molecule has 0 fully saturated rings. The van der Waals surface area contributed by atoms with Crippen LogP contribution in [0, 0.1) is 0 Å². The highest BCUT2D eigenvalue weighted by Gasteiger charge is 2.13. The highest BCUT2D eigenvalue weighted by atomic mass is 32.0. The average molecular weight is 178 g/mol. The largest absolute Gasteiger partial charge is 0.457 e. The van der Waals surface area contributed by atoms with Gasteiger partial charge < -0.3 is 4.74 Å². The minimum atomic E-state index is -0.372. The smallest absolute Gasteiger partial charge is 0.335 e. The molecule has 0 aromatic rings. The number of rotatable bonds is 1. The van der Waals surface area contributed by atoms with Gasteiger partial charge in [-0.25, -0.2) is 4.79 Å². The fourth-order valence-corrected chi connectivity index (χ4v) is 0.929. The molecule has 0 aliphatic rings. The summed E-state index contributed by atoms with van der Waals surface area (Å²) in [6, 6.07) is 0. The Hall–Kier alpha value is 0.0700. The van der Waals surface area contributed by atoms with Crippen LogP contribution in [0.5, 0.6) is 0 Å². The summed E-state index contributed by atoms with van der Waals surface area (Å²) in [7, 11) is 3.26. The number of hydrogen-bond acceptors (Lipinski definition) is 2. The van der Waals surface area contributed by atoms with Gasteiger partial charge in [0.05, 0.1) is 5.80 Å². The molecule has 0 N–H and O–H groups in total. The number of carbonyl (C=O) groups is 1. The molecule has 2 nitrogen and oxygen atoms in total. The molecule has 58 valence electrons. The molecule has 0 rings (SSSR count). The van der Waals surface area contributed by atoms with Gasteiger partial charge in [0.2, 0.25) is 0 Å². The first-order valence-electron chi connectivity index (χ1n) is 2.92. The van der Waals surface area contributed by atoms with E-state index in [1.807, 2.05) is 20.8 Å². The van der Waals surface area contributed by atoms with E-state index in [4.69, 9.17) is 4.74 Å². The zero-order valence-electron chi connectivity index (χ0n) is 6.42. The molecule has 0 radical (unpaired) electrons. The van der Waals surface area contributed by atoms with Gasteiger partial charge in [0, 0.05) is 0 Å². The van der Waals surface area contributed by atoms with Crippen molar-refractivity contribution in [2.24, 2.45) is 0 Å². The molecule has 1 unspecified atom stereocenters. The minimum Gasteiger partial charge on any atom is -0.457 e. The second kappa shape index (κ2) is 4.05. The summed E-state index contributed by atoms with van der Waals surface area (Å²) in [5.41, 5.74) is -0.372. The van der Waals surface area contributed by atoms with Crippen LogP contribution in [0.25, 0.3) is 0 Å². The number of esters is 1. The van der Waals surface area contributed by atoms with Crippen molar-refractivity contribution in [1.29, 1.82) is 0 Å². The summed E-state index contributed by atoms with van der Waals surface area (Å²) in [6.45, 7) is 5.54. The van der Waals surface area contributed by atoms with Crippen LogP contribution in [0.4, 0.5) is 0 Å². The van der Waals surface area contributed by atoms with Gasteiger partial charge in [-0.05, 0) is 20.8 Å². The third-order valence-corrected chi connectivity index (χ3v) is 1.39. The molecular weight excluding hydrogens is 166 g/mol. The molecule has 10 heavy (non-hydrogen) atoms. The summed E-state index contributed by atoms with van der Waals surface area (Å²) in [6.07, 6.45) is 0. The predicted molar refractivity (Wildman–Crippen MR) is 48.5 cm³/mol. The second-order valence-electron chi connectivity index (χ2n) is 2.81. The Labute approximate surface area is 65.2 Å². The lowest BCUT2D eigenvalue weighted by atomic mass is 10.2. The molecule has 0 aliphatic carbocycles. The molecule has 0 aromatic carbocycles. The summed E-state index contributed by atoms with van der Waals surface area (Å²) < 4.78 is 4.96. The van der Waals surface area contributed by atoms with Crippen molar-refractivity contribution in [3.8, 4) is 0 Å². The van der Waals surface area contributed by atoms with Gasteiger partial charge in [0.1, 0.15) is 5.60 Å². The van der Waals surface area contributed by atoms with E-state index in [1.165, 1.54) is 5.80 Å². The van der Waals surface area contributed by atoms with E-state index in [0.29, 0.717) is 0 Å². The lowest BCUT2D eigenvalue weighted by Crippen LogP contribution is -2.23. The van der Waals surface area contributed by atoms with Crippen LogP contribution >= 0.6 is 16.8 Å². The Morgan fingerprint density at radius 3 is 2.40 bits per heavy atom. The quantitative estimate of drug-likeness (QED) is 0.452. The zero-order valence-corrected chi connectivity index (χ0v) is 8.47. The van der Waals surface area contributed by atoms with Crippen LogP contribution in [-0.2, 0) is 9.53 Å². The van der Waals surface area contributed by atoms with E-state index in [1.54, 1.807) is 0 Å². The zero-order chi connectivity index (χ0) is 8.20. The topological polar surface area (TPSA) is 26.3 Å². The van der Waals surface area contributed by atoms with Gasteiger partial charge in [0.15, 0.2) is 0 Å². The van der Waals surface area contributed by atoms with Crippen molar-refractivity contribution < 1.29 is 9.53 Å². The van der Waals surface area contributed by atoms with Gasteiger partial charge in [-0.3, -0.25) is 0 Å². The molecule has 0 amide bonds. The Bertz CT molecular complexity index is 146. The van der Waals surface area contributed by atoms with E-state index in [2.05, 4.69) is 8.93 Å². The highest BCUT2D eigenvalue weighted by Crippen LogP contribution is 2.09. The van der Waals surface area contributed by atoms with Crippen LogP contribution < -0.4 is 0 Å². The van der Waals surface area contributed by atoms with E-state index in [-0.39, 0.29) is 11.6 Å². The third-order valence-electron chi connectivity index (χ3n) is 0.587. The van der Waals surface area contributed by atoms with Crippen LogP contribution in [0.2, 0.25) is 0 Å². The standard InChI is InChI=1S/C6H12O2P2/c1-6(2,3)8-5(7)4-10-9/h4H,9H2,1-3H3. The van der Waals surface area contributed by atoms with Gasteiger partial charge in [-0.15, -0.1) is 0 Å². The summed E-state index contributed by atoms with van der Waals surface area (Å²) in [5, 5.41) is 0. The monoisotopic (exact) mass is 178 g/mol. The Morgan fingerprint density at radius 1 is 1.60 bits per heavy atom. The van der Waals surface area contributed by atoms with Crippen LogP contribution in [0.15, 0.2) is 0 Å². The van der Waals surface area contributed by atoms with Crippen molar-refractivity contribution in [3.63, 3.8) is 0 Å². The molecule has 0 aromatic heterocycles. The first-order chi connectivity index (χ1) is 4.45. The normalized spacial score (nSPS) is 12.0. The average Bonchev–Trinajstić information content (AvgIpc) is 1.59. The highest BCUT2D eigenvalue weighted by molar-refractivity contribution is 8.02.